The number of primary amides is 2. The van der Waals surface area contributed by atoms with Crippen LogP contribution in [0.3, 0.4) is 0 Å². The Morgan fingerprint density at radius 2 is 0.651 bits per heavy atom. The van der Waals surface area contributed by atoms with Crippen molar-refractivity contribution in [1.82, 2.24) is 121 Å². The molecule has 2 rings (SSSR count). The van der Waals surface area contributed by atoms with E-state index in [9.17, 15) is 151 Å². The zero-order valence-corrected chi connectivity index (χ0v) is 81.4. The first-order valence-electron chi connectivity index (χ1n) is 45.8. The molecule has 0 aromatic rings. The lowest BCUT2D eigenvalue weighted by Gasteiger charge is -2.31. The van der Waals surface area contributed by atoms with Gasteiger partial charge in [0.15, 0.2) is 23.8 Å². The summed E-state index contributed by atoms with van der Waals surface area (Å²) >= 11 is 1.33. The molecule has 2 heterocycles. The number of thioether (sulfide) groups is 1. The molecule has 2 aliphatic heterocycles. The Hall–Kier alpha value is -14.6. The second kappa shape index (κ2) is 66.4. The number of carbonyl (C=O) groups excluding carboxylic acids is 21. The normalized spacial score (nSPS) is 16.7. The monoisotopic (exact) mass is 2110 g/mol. The maximum Gasteiger partial charge on any atom is 0.326 e. The van der Waals surface area contributed by atoms with E-state index in [4.69, 9.17) is 61.8 Å². The molecule has 20 atom stereocenters. The summed E-state index contributed by atoms with van der Waals surface area (Å²) in [6.07, 6.45) is -4.38. The summed E-state index contributed by atoms with van der Waals surface area (Å²) in [4.78, 5) is 298. The molecular formula is C80H140N34O31S. The van der Waals surface area contributed by atoms with Gasteiger partial charge >= 0.3 is 5.97 Å². The Bertz CT molecular complexity index is 4550. The van der Waals surface area contributed by atoms with E-state index in [1.807, 2.05) is 10.6 Å². The molecule has 2 saturated heterocycles. The van der Waals surface area contributed by atoms with E-state index in [1.54, 1.807) is 6.26 Å². The molecule has 0 spiro atoms. The summed E-state index contributed by atoms with van der Waals surface area (Å²) in [6.45, 7) is -6.52. The molecule has 0 aromatic heterocycles. The number of aliphatic carboxylic acids is 1. The third-order valence-corrected chi connectivity index (χ3v) is 22.4. The number of guanidine groups is 4. The van der Waals surface area contributed by atoms with Gasteiger partial charge in [-0.15, -0.1) is 0 Å². The van der Waals surface area contributed by atoms with Gasteiger partial charge in [0.05, 0.1) is 83.8 Å². The van der Waals surface area contributed by atoms with E-state index in [0.717, 1.165) is 23.6 Å². The van der Waals surface area contributed by atoms with E-state index < -0.39 is 335 Å². The zero-order valence-electron chi connectivity index (χ0n) is 80.6. The number of likely N-dealkylation sites (tertiary alicyclic amines) is 2. The molecule has 65 nitrogen and oxygen atoms in total. The molecule has 48 N–H and O–H groups in total. The van der Waals surface area contributed by atoms with Crippen molar-refractivity contribution in [3.8, 4) is 0 Å². The SMILES string of the molecule is CSCC[C@H](NC(=O)[C@H](CCCNC(=N)N)NC(=O)[C@H](C)NC(=O)[C@@H]1CCCN1C(=O)[C@H](CO)NC(=O)[C@@H](NC(=O)CNC(=O)[C@H](CCCNC(=N)N)NC(=O)[C@H](CO)NC(=O)[C@H](CO)NC(=O)CNC(=O)[C@@H]1CCCN1C(=O)[C@@H](NC(=O)[C@H](CO)NC(=O)[C@H](CC(N)=O)NC(=O)[C@H](CCCNC(=N)N)NC(=O)[C@H](CO)NC(=O)[C@H](CO)NC(=O)[C@H](CC(N)=O)NC(=O)[C@@H](N)CCCNC(=N)N)[C@@H](C)O)[C@@H](C)O)C(=O)O. The Morgan fingerprint density at radius 3 is 1.03 bits per heavy atom. The van der Waals surface area contributed by atoms with Gasteiger partial charge in [0, 0.05) is 39.3 Å². The number of hydrogen-bond acceptors (Lipinski definition) is 36. The van der Waals surface area contributed by atoms with Crippen molar-refractivity contribution in [3.05, 3.63) is 0 Å². The van der Waals surface area contributed by atoms with Crippen LogP contribution in [0, 0.1) is 21.6 Å². The van der Waals surface area contributed by atoms with E-state index >= 15 is 0 Å². The Labute approximate surface area is 839 Å². The van der Waals surface area contributed by atoms with Crippen LogP contribution in [0.1, 0.15) is 117 Å². The molecule has 0 unspecified atom stereocenters. The van der Waals surface area contributed by atoms with Crippen molar-refractivity contribution >= 4 is 166 Å². The zero-order chi connectivity index (χ0) is 110. The number of amides is 21. The molecule has 0 aliphatic carbocycles. The third kappa shape index (κ3) is 46.0. The van der Waals surface area contributed by atoms with Crippen LogP contribution in [-0.2, 0) is 105 Å². The quantitative estimate of drug-likeness (QED) is 0.0153. The highest BCUT2D eigenvalue weighted by atomic mass is 32.2. The molecule has 2 aliphatic rings. The van der Waals surface area contributed by atoms with Crippen molar-refractivity contribution in [2.75, 3.05) is 104 Å². The van der Waals surface area contributed by atoms with Crippen LogP contribution in [0.4, 0.5) is 0 Å². The summed E-state index contributed by atoms with van der Waals surface area (Å²) in [5, 5.41) is 170. The average Bonchev–Trinajstić information content (AvgIpc) is 1.66. The Balaban J connectivity index is 2.21. The maximum atomic E-state index is 14.2. The predicted octanol–water partition coefficient (Wildman–Crippen LogP) is -21.8. The number of carbonyl (C=O) groups is 22. The second-order valence-electron chi connectivity index (χ2n) is 33.4. The molecule has 2 fully saturated rings. The fraction of sp³-hybridized carbons (Fsp3) is 0.675. The summed E-state index contributed by atoms with van der Waals surface area (Å²) < 4.78 is 0. The van der Waals surface area contributed by atoms with Crippen LogP contribution < -0.4 is 152 Å². The fourth-order valence-electron chi connectivity index (χ4n) is 14.0. The Kier molecular flexibility index (Phi) is 57.9. The molecule has 0 aromatic carbocycles. The van der Waals surface area contributed by atoms with E-state index in [-0.39, 0.29) is 128 Å². The lowest BCUT2D eigenvalue weighted by molar-refractivity contribution is -0.144. The molecule has 0 radical (unpaired) electrons. The van der Waals surface area contributed by atoms with E-state index in [1.165, 1.54) is 18.7 Å². The van der Waals surface area contributed by atoms with Gasteiger partial charge in [0.2, 0.25) is 124 Å². The summed E-state index contributed by atoms with van der Waals surface area (Å²) in [5.41, 5.74) is 38.0. The predicted molar refractivity (Wildman–Crippen MR) is 509 cm³/mol. The molecule has 66 heteroatoms. The highest BCUT2D eigenvalue weighted by Crippen LogP contribution is 2.22. The number of nitrogens with zero attached hydrogens (tertiary/aromatic N) is 2. The third-order valence-electron chi connectivity index (χ3n) is 21.8. The highest BCUT2D eigenvalue weighted by Gasteiger charge is 2.45. The van der Waals surface area contributed by atoms with Gasteiger partial charge in [-0.05, 0) is 116 Å². The highest BCUT2D eigenvalue weighted by molar-refractivity contribution is 7.98. The fourth-order valence-corrected chi connectivity index (χ4v) is 14.5. The van der Waals surface area contributed by atoms with Gasteiger partial charge in [-0.3, -0.25) is 122 Å². The van der Waals surface area contributed by atoms with Crippen LogP contribution in [0.2, 0.25) is 0 Å². The average molecular weight is 2110 g/mol. The number of carboxylic acid groups (broad SMARTS) is 1. The molecule has 21 amide bonds. The topological polar surface area (TPSA) is 1090 Å². The molecule has 0 saturated carbocycles. The lowest BCUT2D eigenvalue weighted by atomic mass is 10.1. The van der Waals surface area contributed by atoms with Crippen molar-refractivity contribution in [2.24, 2.45) is 40.1 Å². The van der Waals surface area contributed by atoms with Gasteiger partial charge in [0.25, 0.3) is 0 Å². The smallest absolute Gasteiger partial charge is 0.326 e. The Morgan fingerprint density at radius 1 is 0.336 bits per heavy atom. The second-order valence-corrected chi connectivity index (χ2v) is 34.4. The van der Waals surface area contributed by atoms with Gasteiger partial charge < -0.3 is 208 Å². The van der Waals surface area contributed by atoms with Crippen LogP contribution in [-0.4, -0.2) is 435 Å². The first kappa shape index (κ1) is 127. The number of aliphatic hydroxyl groups excluding tert-OH is 8. The van der Waals surface area contributed by atoms with Gasteiger partial charge in [-0.25, -0.2) is 4.79 Å². The van der Waals surface area contributed by atoms with Crippen LogP contribution in [0.15, 0.2) is 0 Å². The minimum Gasteiger partial charge on any atom is -0.480 e. The number of nitrogens with one attached hydrogen (secondary N) is 25. The van der Waals surface area contributed by atoms with Crippen LogP contribution >= 0.6 is 11.8 Å². The number of rotatable bonds is 68. The standard InChI is InChI=1S/C80H140N34O31S/c1-35(59(127)100-40(13-7-20-94-79(88)89)62(130)103-42(76(144)145)17-24-146-4)98-72(140)52-16-10-22-113(52)74(142)50(34-120)110-73(141)57(36(2)121)111-56(126)28-96-61(129)39(12-6-19-93-78(86)87)101-67(135)46(30-116)108-66(134)45(29-115)99-55(125)27-97-71(139)51-15-9-23-114(51)75(143)58(37(3)122)112-70(138)49(33-119)107-65(133)44(26-54(83)124)105-63(131)41(14-8-21-95-80(90)91)102-68(136)47(31-117)109-69(137)48(32-118)106-64(132)43(25-53(82)123)104-60(128)38(81)11-5-18-92-77(84)85/h35-52,57-58,115-122H,5-34,81H2,1-4H3,(H2,82,123)(H2,83,124)(H,96,129)(H,97,139)(H,98,140)(H,99,125)(H,100,127)(H,101,135)(H,102,136)(H,103,130)(H,104,128)(H,105,131)(H,106,132)(H,107,133)(H,108,134)(H,109,137)(H,110,141)(H,111,126)(H,112,138)(H,144,145)(H4,84,85,92)(H4,86,87,93)(H4,88,89,94)(H4,90,91,95)/t35-,36+,37+,38-,39-,40-,41-,42-,43-,44-,45-,46-,47-,48-,49-,50-,51-,52-,57-,58-/m0/s1. The first-order valence-corrected chi connectivity index (χ1v) is 47.2. The number of hydrogen-bond donors (Lipinski definition) is 41. The van der Waals surface area contributed by atoms with Crippen molar-refractivity contribution in [1.29, 1.82) is 21.6 Å². The van der Waals surface area contributed by atoms with Crippen molar-refractivity contribution in [2.45, 2.75) is 238 Å². The minimum atomic E-state index is -2.12. The van der Waals surface area contributed by atoms with Gasteiger partial charge in [0.1, 0.15) is 103 Å². The lowest BCUT2D eigenvalue weighted by Crippen LogP contribution is -2.62. The van der Waals surface area contributed by atoms with Gasteiger partial charge in [-0.2, -0.15) is 11.8 Å². The largest absolute Gasteiger partial charge is 0.480 e. The van der Waals surface area contributed by atoms with E-state index in [0.29, 0.717) is 5.75 Å². The molecular weight excluding hydrogens is 1970 g/mol. The minimum absolute atomic E-state index is 0.00854. The molecule has 146 heavy (non-hydrogen) atoms. The van der Waals surface area contributed by atoms with Crippen molar-refractivity contribution < 1.29 is 151 Å². The number of nitrogens with two attached hydrogens (primary N) is 7. The van der Waals surface area contributed by atoms with Crippen molar-refractivity contribution in [3.63, 3.8) is 0 Å². The molecule has 0 bridgehead atoms. The summed E-state index contributed by atoms with van der Waals surface area (Å²) in [7, 11) is 0. The summed E-state index contributed by atoms with van der Waals surface area (Å²) in [5.74, 6) is -27.8. The van der Waals surface area contributed by atoms with E-state index in [2.05, 4.69) is 101 Å². The molecule has 822 valence electrons. The first-order chi connectivity index (χ1) is 68.7. The maximum absolute atomic E-state index is 14.2. The number of aliphatic hydroxyl groups is 8. The van der Waals surface area contributed by atoms with Gasteiger partial charge in [-0.1, -0.05) is 0 Å². The van der Waals surface area contributed by atoms with Crippen LogP contribution in [0.25, 0.3) is 0 Å². The van der Waals surface area contributed by atoms with Crippen LogP contribution in [0.5, 0.6) is 0 Å². The number of carboxylic acids is 1. The summed E-state index contributed by atoms with van der Waals surface area (Å²) in [6, 6.07) is -31.5.